The lowest BCUT2D eigenvalue weighted by Gasteiger charge is -2.26. The Balaban J connectivity index is 1.65. The van der Waals surface area contributed by atoms with E-state index < -0.39 is 0 Å². The van der Waals surface area contributed by atoms with E-state index in [0.29, 0.717) is 24.4 Å². The highest BCUT2D eigenvalue weighted by Crippen LogP contribution is 2.33. The molecule has 1 saturated heterocycles. The monoisotopic (exact) mass is 439 g/mol. The Kier molecular flexibility index (Phi) is 6.61. The third kappa shape index (κ3) is 4.93. The molecule has 1 amide bonds. The summed E-state index contributed by atoms with van der Waals surface area (Å²) in [6.45, 7) is 5.52. The number of benzene rings is 2. The highest BCUT2D eigenvalue weighted by molar-refractivity contribution is 7.99. The second kappa shape index (κ2) is 9.56. The third-order valence-corrected chi connectivity index (χ3v) is 6.40. The van der Waals surface area contributed by atoms with E-state index in [2.05, 4.69) is 5.10 Å². The summed E-state index contributed by atoms with van der Waals surface area (Å²) in [6.07, 6.45) is 0.946. The van der Waals surface area contributed by atoms with Crippen LogP contribution < -0.4 is 4.74 Å². The van der Waals surface area contributed by atoms with Crippen molar-refractivity contribution in [2.75, 3.05) is 24.6 Å². The van der Waals surface area contributed by atoms with Crippen molar-refractivity contribution < 1.29 is 13.9 Å². The van der Waals surface area contributed by atoms with E-state index in [0.717, 1.165) is 47.2 Å². The van der Waals surface area contributed by atoms with Gasteiger partial charge in [0.1, 0.15) is 11.6 Å². The molecule has 162 valence electrons. The molecule has 0 bridgehead atoms. The van der Waals surface area contributed by atoms with Crippen molar-refractivity contribution >= 4 is 17.7 Å². The standard InChI is InChI=1S/C24H26FN3O2S/c1-17-5-3-4-6-22(17)30-24-21(11-12-23(29)27-13-15-31-16-14-27)18(2)26-28(24)20-9-7-19(25)8-10-20/h3-10H,11-16H2,1-2H3. The van der Waals surface area contributed by atoms with Gasteiger partial charge in [-0.3, -0.25) is 4.79 Å². The first kappa shape index (κ1) is 21.4. The number of hydrogen-bond donors (Lipinski definition) is 0. The molecule has 0 spiro atoms. The van der Waals surface area contributed by atoms with Gasteiger partial charge in [0.15, 0.2) is 0 Å². The predicted octanol–water partition coefficient (Wildman–Crippen LogP) is 4.93. The van der Waals surface area contributed by atoms with Gasteiger partial charge in [-0.05, 0) is 56.2 Å². The van der Waals surface area contributed by atoms with Crippen molar-refractivity contribution in [3.05, 3.63) is 71.2 Å². The maximum atomic E-state index is 13.5. The van der Waals surface area contributed by atoms with Crippen molar-refractivity contribution in [1.82, 2.24) is 14.7 Å². The summed E-state index contributed by atoms with van der Waals surface area (Å²) in [5.41, 5.74) is 3.40. The number of carbonyl (C=O) groups is 1. The highest BCUT2D eigenvalue weighted by Gasteiger charge is 2.22. The first-order chi connectivity index (χ1) is 15.0. The largest absolute Gasteiger partial charge is 0.438 e. The predicted molar refractivity (Wildman–Crippen MR) is 122 cm³/mol. The van der Waals surface area contributed by atoms with E-state index in [1.54, 1.807) is 16.8 Å². The quantitative estimate of drug-likeness (QED) is 0.547. The van der Waals surface area contributed by atoms with Crippen LogP contribution in [-0.2, 0) is 11.2 Å². The van der Waals surface area contributed by atoms with E-state index >= 15 is 0 Å². The number of nitrogens with zero attached hydrogens (tertiary/aromatic N) is 3. The Morgan fingerprint density at radius 3 is 2.52 bits per heavy atom. The van der Waals surface area contributed by atoms with Crippen LogP contribution in [0.5, 0.6) is 11.6 Å². The lowest BCUT2D eigenvalue weighted by atomic mass is 10.1. The summed E-state index contributed by atoms with van der Waals surface area (Å²) in [7, 11) is 0. The third-order valence-electron chi connectivity index (χ3n) is 5.46. The van der Waals surface area contributed by atoms with Crippen molar-refractivity contribution in [3.63, 3.8) is 0 Å². The van der Waals surface area contributed by atoms with Crippen molar-refractivity contribution in [3.8, 4) is 17.3 Å². The molecule has 7 heteroatoms. The average molecular weight is 440 g/mol. The Hall–Kier alpha value is -2.80. The molecule has 5 nitrogen and oxygen atoms in total. The molecule has 2 aromatic carbocycles. The number of carbonyl (C=O) groups excluding carboxylic acids is 1. The maximum Gasteiger partial charge on any atom is 0.226 e. The van der Waals surface area contributed by atoms with E-state index in [4.69, 9.17) is 4.74 Å². The summed E-state index contributed by atoms with van der Waals surface area (Å²) < 4.78 is 21.5. The van der Waals surface area contributed by atoms with E-state index in [-0.39, 0.29) is 11.7 Å². The van der Waals surface area contributed by atoms with Crippen LogP contribution in [0.15, 0.2) is 48.5 Å². The number of thioether (sulfide) groups is 1. The molecule has 0 saturated carbocycles. The van der Waals surface area contributed by atoms with Crippen molar-refractivity contribution in [2.24, 2.45) is 0 Å². The molecule has 1 aromatic heterocycles. The minimum Gasteiger partial charge on any atom is -0.438 e. The summed E-state index contributed by atoms with van der Waals surface area (Å²) in [5.74, 6) is 3.14. The molecule has 4 rings (SSSR count). The topological polar surface area (TPSA) is 47.4 Å². The van der Waals surface area contributed by atoms with Crippen molar-refractivity contribution in [1.29, 1.82) is 0 Å². The smallest absolute Gasteiger partial charge is 0.226 e. The molecule has 1 fully saturated rings. The Morgan fingerprint density at radius 2 is 1.81 bits per heavy atom. The molecule has 1 aliphatic heterocycles. The second-order valence-electron chi connectivity index (χ2n) is 7.62. The minimum absolute atomic E-state index is 0.163. The zero-order chi connectivity index (χ0) is 21.8. The van der Waals surface area contributed by atoms with Crippen LogP contribution in [0.2, 0.25) is 0 Å². The first-order valence-corrected chi connectivity index (χ1v) is 11.6. The summed E-state index contributed by atoms with van der Waals surface area (Å²) in [4.78, 5) is 14.7. The number of para-hydroxylation sites is 1. The van der Waals surface area contributed by atoms with Crippen LogP contribution >= 0.6 is 11.8 Å². The molecule has 3 aromatic rings. The van der Waals surface area contributed by atoms with Gasteiger partial charge in [-0.25, -0.2) is 9.07 Å². The number of rotatable bonds is 6. The zero-order valence-corrected chi connectivity index (χ0v) is 18.6. The lowest BCUT2D eigenvalue weighted by Crippen LogP contribution is -2.38. The molecule has 0 N–H and O–H groups in total. The van der Waals surface area contributed by atoms with Gasteiger partial charge < -0.3 is 9.64 Å². The Labute approximate surface area is 186 Å². The number of hydrogen-bond acceptors (Lipinski definition) is 4. The van der Waals surface area contributed by atoms with Crippen LogP contribution in [0.1, 0.15) is 23.2 Å². The Morgan fingerprint density at radius 1 is 1.10 bits per heavy atom. The fraction of sp³-hybridized carbons (Fsp3) is 0.333. The van der Waals surface area contributed by atoms with Gasteiger partial charge in [0.25, 0.3) is 0 Å². The molecule has 0 aliphatic carbocycles. The second-order valence-corrected chi connectivity index (χ2v) is 8.84. The molecule has 0 atom stereocenters. The molecule has 0 radical (unpaired) electrons. The normalized spacial score (nSPS) is 14.0. The van der Waals surface area contributed by atoms with Gasteiger partial charge >= 0.3 is 0 Å². The van der Waals surface area contributed by atoms with Crippen LogP contribution in [-0.4, -0.2) is 45.2 Å². The number of amides is 1. The van der Waals surface area contributed by atoms with E-state index in [1.165, 1.54) is 12.1 Å². The van der Waals surface area contributed by atoms with Crippen LogP contribution in [0.3, 0.4) is 0 Å². The number of ether oxygens (including phenoxy) is 1. The lowest BCUT2D eigenvalue weighted by molar-refractivity contribution is -0.130. The van der Waals surface area contributed by atoms with Crippen LogP contribution in [0.25, 0.3) is 5.69 Å². The van der Waals surface area contributed by atoms with Gasteiger partial charge in [-0.2, -0.15) is 16.9 Å². The number of aryl methyl sites for hydroxylation is 2. The molecule has 31 heavy (non-hydrogen) atoms. The molecular weight excluding hydrogens is 413 g/mol. The minimum atomic E-state index is -0.306. The van der Waals surface area contributed by atoms with Crippen LogP contribution in [0.4, 0.5) is 4.39 Å². The number of halogens is 1. The van der Waals surface area contributed by atoms with Gasteiger partial charge in [0.05, 0.1) is 11.4 Å². The molecule has 2 heterocycles. The summed E-state index contributed by atoms with van der Waals surface area (Å²) in [6, 6.07) is 13.9. The van der Waals surface area contributed by atoms with Gasteiger partial charge in [-0.15, -0.1) is 0 Å². The van der Waals surface area contributed by atoms with Gasteiger partial charge in [0, 0.05) is 36.6 Å². The van der Waals surface area contributed by atoms with E-state index in [9.17, 15) is 9.18 Å². The first-order valence-electron chi connectivity index (χ1n) is 10.5. The molecule has 0 unspecified atom stereocenters. The highest BCUT2D eigenvalue weighted by atomic mass is 32.2. The molecular formula is C24H26FN3O2S. The number of aromatic nitrogens is 2. The maximum absolute atomic E-state index is 13.5. The van der Waals surface area contributed by atoms with Gasteiger partial charge in [0.2, 0.25) is 11.8 Å². The Bertz CT molecular complexity index is 1060. The average Bonchev–Trinajstić information content (AvgIpc) is 3.09. The van der Waals surface area contributed by atoms with Gasteiger partial charge in [-0.1, -0.05) is 18.2 Å². The SMILES string of the molecule is Cc1ccccc1Oc1c(CCC(=O)N2CCSCC2)c(C)nn1-c1ccc(F)cc1. The fourth-order valence-electron chi connectivity index (χ4n) is 3.67. The summed E-state index contributed by atoms with van der Waals surface area (Å²) in [5, 5.41) is 4.67. The van der Waals surface area contributed by atoms with Crippen LogP contribution in [0, 0.1) is 19.7 Å². The van der Waals surface area contributed by atoms with E-state index in [1.807, 2.05) is 54.8 Å². The van der Waals surface area contributed by atoms with Crippen molar-refractivity contribution in [2.45, 2.75) is 26.7 Å². The summed E-state index contributed by atoms with van der Waals surface area (Å²) >= 11 is 1.89. The molecule has 1 aliphatic rings. The zero-order valence-electron chi connectivity index (χ0n) is 17.8. The fourth-order valence-corrected chi connectivity index (χ4v) is 4.57.